The van der Waals surface area contributed by atoms with Crippen molar-refractivity contribution in [1.82, 2.24) is 10.1 Å². The second-order valence-electron chi connectivity index (χ2n) is 6.74. The molecule has 2 fully saturated rings. The van der Waals surface area contributed by atoms with Crippen molar-refractivity contribution in [2.45, 2.75) is 56.4 Å². The van der Waals surface area contributed by atoms with E-state index in [2.05, 4.69) is 36.3 Å². The highest BCUT2D eigenvalue weighted by atomic mass is 35.5. The van der Waals surface area contributed by atoms with Crippen LogP contribution < -0.4 is 5.73 Å². The summed E-state index contributed by atoms with van der Waals surface area (Å²) in [5, 5.41) is 4.21. The molecule has 4 nitrogen and oxygen atoms in total. The van der Waals surface area contributed by atoms with Crippen LogP contribution in [0.4, 0.5) is 0 Å². The van der Waals surface area contributed by atoms with E-state index in [1.165, 1.54) is 11.1 Å². The number of nitrogens with two attached hydrogens (primary N) is 1. The van der Waals surface area contributed by atoms with Crippen molar-refractivity contribution in [2.75, 3.05) is 0 Å². The van der Waals surface area contributed by atoms with Crippen LogP contribution in [0.25, 0.3) is 0 Å². The van der Waals surface area contributed by atoms with Crippen LogP contribution in [0.1, 0.15) is 61.4 Å². The van der Waals surface area contributed by atoms with E-state index in [-0.39, 0.29) is 23.4 Å². The highest BCUT2D eigenvalue weighted by molar-refractivity contribution is 5.85. The van der Waals surface area contributed by atoms with Crippen LogP contribution in [-0.2, 0) is 11.0 Å². The lowest BCUT2D eigenvalue weighted by molar-refractivity contribution is 0.337. The summed E-state index contributed by atoms with van der Waals surface area (Å²) < 4.78 is 5.62. The number of aromatic nitrogens is 2. The summed E-state index contributed by atoms with van der Waals surface area (Å²) in [6, 6.07) is 8.61. The average molecular weight is 320 g/mol. The molecule has 1 aromatic carbocycles. The maximum Gasteiger partial charge on any atom is 0.237 e. The first kappa shape index (κ1) is 15.5. The van der Waals surface area contributed by atoms with Gasteiger partial charge in [-0.05, 0) is 38.2 Å². The van der Waals surface area contributed by atoms with Crippen LogP contribution in [0, 0.1) is 6.92 Å². The van der Waals surface area contributed by atoms with Gasteiger partial charge in [-0.25, -0.2) is 0 Å². The molecule has 5 heteroatoms. The van der Waals surface area contributed by atoms with Crippen LogP contribution in [-0.4, -0.2) is 10.1 Å². The number of aryl methyl sites for hydroxylation is 1. The third-order valence-electron chi connectivity index (χ3n) is 5.10. The molecule has 1 aromatic heterocycles. The summed E-state index contributed by atoms with van der Waals surface area (Å²) in [6.07, 6.45) is 6.39. The van der Waals surface area contributed by atoms with Gasteiger partial charge in [-0.3, -0.25) is 0 Å². The quantitative estimate of drug-likeness (QED) is 0.938. The molecule has 2 aliphatic rings. The zero-order valence-electron chi connectivity index (χ0n) is 12.8. The number of nitrogens with zero attached hydrogens (tertiary/aromatic N) is 2. The van der Waals surface area contributed by atoms with E-state index in [1.807, 2.05) is 0 Å². The first-order chi connectivity index (χ1) is 10.1. The molecule has 0 aliphatic heterocycles. The number of rotatable bonds is 3. The normalized spacial score (nSPS) is 21.4. The van der Waals surface area contributed by atoms with Gasteiger partial charge in [0.05, 0.1) is 11.0 Å². The predicted molar refractivity (Wildman–Crippen MR) is 87.1 cm³/mol. The Kier molecular flexibility index (Phi) is 3.77. The van der Waals surface area contributed by atoms with Gasteiger partial charge in [0.2, 0.25) is 5.89 Å². The van der Waals surface area contributed by atoms with E-state index < -0.39 is 0 Å². The van der Waals surface area contributed by atoms with E-state index >= 15 is 0 Å². The highest BCUT2D eigenvalue weighted by Crippen LogP contribution is 2.53. The Balaban J connectivity index is 0.00000144. The first-order valence-electron chi connectivity index (χ1n) is 7.83. The van der Waals surface area contributed by atoms with E-state index in [0.29, 0.717) is 5.82 Å². The molecule has 2 N–H and O–H groups in total. The van der Waals surface area contributed by atoms with Crippen LogP contribution in [0.2, 0.25) is 0 Å². The number of hydrogen-bond acceptors (Lipinski definition) is 4. The lowest BCUT2D eigenvalue weighted by Crippen LogP contribution is -2.34. The summed E-state index contributed by atoms with van der Waals surface area (Å²) in [4.78, 5) is 4.70. The maximum absolute atomic E-state index is 6.44. The topological polar surface area (TPSA) is 64.9 Å². The van der Waals surface area contributed by atoms with Crippen molar-refractivity contribution < 1.29 is 4.52 Å². The number of benzene rings is 1. The monoisotopic (exact) mass is 319 g/mol. The molecule has 0 atom stereocenters. The molecule has 0 amide bonds. The van der Waals surface area contributed by atoms with Gasteiger partial charge in [0.25, 0.3) is 0 Å². The molecule has 0 bridgehead atoms. The fourth-order valence-corrected chi connectivity index (χ4v) is 3.54. The van der Waals surface area contributed by atoms with Gasteiger partial charge in [0.15, 0.2) is 5.82 Å². The zero-order chi connectivity index (χ0) is 14.5. The maximum atomic E-state index is 6.44. The van der Waals surface area contributed by atoms with Gasteiger partial charge >= 0.3 is 0 Å². The minimum absolute atomic E-state index is 0. The molecule has 4 rings (SSSR count). The minimum Gasteiger partial charge on any atom is -0.338 e. The largest absolute Gasteiger partial charge is 0.338 e. The fourth-order valence-electron chi connectivity index (χ4n) is 3.54. The highest BCUT2D eigenvalue weighted by Gasteiger charge is 2.51. The molecule has 0 spiro atoms. The lowest BCUT2D eigenvalue weighted by atomic mass is 9.94. The van der Waals surface area contributed by atoms with Gasteiger partial charge in [-0.2, -0.15) is 4.98 Å². The molecule has 2 aromatic rings. The molecule has 0 unspecified atom stereocenters. The Labute approximate surface area is 136 Å². The van der Waals surface area contributed by atoms with E-state index in [4.69, 9.17) is 15.2 Å². The van der Waals surface area contributed by atoms with Crippen LogP contribution >= 0.6 is 12.4 Å². The van der Waals surface area contributed by atoms with Gasteiger partial charge < -0.3 is 10.3 Å². The summed E-state index contributed by atoms with van der Waals surface area (Å²) in [5.41, 5.74) is 8.56. The molecule has 2 aliphatic carbocycles. The van der Waals surface area contributed by atoms with Crippen LogP contribution in [0.5, 0.6) is 0 Å². The van der Waals surface area contributed by atoms with Gasteiger partial charge in [0, 0.05) is 0 Å². The van der Waals surface area contributed by atoms with Crippen molar-refractivity contribution in [3.63, 3.8) is 0 Å². The molecular formula is C17H22ClN3O. The summed E-state index contributed by atoms with van der Waals surface area (Å²) in [6.45, 7) is 2.12. The molecule has 22 heavy (non-hydrogen) atoms. The number of hydrogen-bond donors (Lipinski definition) is 1. The summed E-state index contributed by atoms with van der Waals surface area (Å²) in [5.74, 6) is 1.45. The van der Waals surface area contributed by atoms with Gasteiger partial charge in [0.1, 0.15) is 0 Å². The third-order valence-corrected chi connectivity index (χ3v) is 5.10. The first-order valence-corrected chi connectivity index (χ1v) is 7.83. The summed E-state index contributed by atoms with van der Waals surface area (Å²) in [7, 11) is 0. The SMILES string of the molecule is Cc1cccc(C2(c3nc(C4(N)CCCC4)no3)CC2)c1.Cl. The Morgan fingerprint density at radius 2 is 1.86 bits per heavy atom. The Morgan fingerprint density at radius 1 is 1.14 bits per heavy atom. The smallest absolute Gasteiger partial charge is 0.237 e. The average Bonchev–Trinajstić information content (AvgIpc) is 2.92. The van der Waals surface area contributed by atoms with E-state index in [0.717, 1.165) is 44.4 Å². The Morgan fingerprint density at radius 3 is 2.50 bits per heavy atom. The Bertz CT molecular complexity index is 672. The molecular weight excluding hydrogens is 298 g/mol. The van der Waals surface area contributed by atoms with Crippen molar-refractivity contribution in [2.24, 2.45) is 5.73 Å². The van der Waals surface area contributed by atoms with Crippen LogP contribution in [0.3, 0.4) is 0 Å². The van der Waals surface area contributed by atoms with Gasteiger partial charge in [-0.15, -0.1) is 12.4 Å². The molecule has 1 heterocycles. The standard InChI is InChI=1S/C17H21N3O.ClH/c1-12-5-4-6-13(11-12)16(9-10-16)15-19-14(20-21-15)17(18)7-2-3-8-17;/h4-6,11H,2-3,7-10,18H2,1H3;1H. The van der Waals surface area contributed by atoms with Crippen molar-refractivity contribution in [3.05, 3.63) is 47.1 Å². The number of halogens is 1. The van der Waals surface area contributed by atoms with Crippen LogP contribution in [0.15, 0.2) is 28.8 Å². The molecule has 118 valence electrons. The molecule has 0 saturated heterocycles. The zero-order valence-corrected chi connectivity index (χ0v) is 13.7. The second kappa shape index (κ2) is 5.36. The molecule has 0 radical (unpaired) electrons. The summed E-state index contributed by atoms with van der Waals surface area (Å²) >= 11 is 0. The van der Waals surface area contributed by atoms with E-state index in [9.17, 15) is 0 Å². The van der Waals surface area contributed by atoms with Crippen molar-refractivity contribution >= 4 is 12.4 Å². The predicted octanol–water partition coefficient (Wildman–Crippen LogP) is 3.61. The molecule has 2 saturated carbocycles. The van der Waals surface area contributed by atoms with Crippen molar-refractivity contribution in [1.29, 1.82) is 0 Å². The fraction of sp³-hybridized carbons (Fsp3) is 0.529. The van der Waals surface area contributed by atoms with Crippen molar-refractivity contribution in [3.8, 4) is 0 Å². The van der Waals surface area contributed by atoms with E-state index in [1.54, 1.807) is 0 Å². The minimum atomic E-state index is -0.371. The Hall–Kier alpha value is -1.39. The van der Waals surface area contributed by atoms with Gasteiger partial charge in [-0.1, -0.05) is 47.8 Å². The second-order valence-corrected chi connectivity index (χ2v) is 6.74. The lowest BCUT2D eigenvalue weighted by Gasteiger charge is -2.18. The third kappa shape index (κ3) is 2.34.